The van der Waals surface area contributed by atoms with E-state index in [9.17, 15) is 13.2 Å². The number of anilines is 1. The molecule has 3 rings (SSSR count). The van der Waals surface area contributed by atoms with Gasteiger partial charge in [-0.2, -0.15) is 0 Å². The van der Waals surface area contributed by atoms with Crippen LogP contribution in [0.25, 0.3) is 0 Å². The smallest absolute Gasteiger partial charge is 0.264 e. The fourth-order valence-corrected chi connectivity index (χ4v) is 4.68. The molecule has 0 fully saturated rings. The molecule has 0 saturated heterocycles. The van der Waals surface area contributed by atoms with Gasteiger partial charge in [-0.3, -0.25) is 9.10 Å². The average Bonchev–Trinajstić information content (AvgIpc) is 2.81. The SMILES string of the molecule is COc1cccc(N(CC(=O)NC[C@@H](C)c2ccccc2)S(=O)(=O)c2ccc(C)cc2)c1. The van der Waals surface area contributed by atoms with Crippen LogP contribution in [0.3, 0.4) is 0 Å². The number of aryl methyl sites for hydroxylation is 1. The molecular formula is C25H28N2O4S. The minimum atomic E-state index is -3.96. The number of benzene rings is 3. The summed E-state index contributed by atoms with van der Waals surface area (Å²) in [5.41, 5.74) is 2.41. The monoisotopic (exact) mass is 452 g/mol. The summed E-state index contributed by atoms with van der Waals surface area (Å²) in [4.78, 5) is 12.9. The van der Waals surface area contributed by atoms with E-state index in [1.165, 1.54) is 7.11 Å². The molecule has 0 aromatic heterocycles. The molecule has 0 heterocycles. The van der Waals surface area contributed by atoms with Crippen molar-refractivity contribution in [3.05, 3.63) is 90.0 Å². The van der Waals surface area contributed by atoms with E-state index in [-0.39, 0.29) is 23.3 Å². The van der Waals surface area contributed by atoms with E-state index >= 15 is 0 Å². The highest BCUT2D eigenvalue weighted by Gasteiger charge is 2.27. The van der Waals surface area contributed by atoms with Crippen LogP contribution in [0.15, 0.2) is 83.8 Å². The lowest BCUT2D eigenvalue weighted by Crippen LogP contribution is -2.41. The van der Waals surface area contributed by atoms with Crippen LogP contribution in [0.5, 0.6) is 5.75 Å². The predicted molar refractivity (Wildman–Crippen MR) is 127 cm³/mol. The van der Waals surface area contributed by atoms with Crippen LogP contribution in [0.2, 0.25) is 0 Å². The van der Waals surface area contributed by atoms with E-state index in [0.29, 0.717) is 18.0 Å². The Kier molecular flexibility index (Phi) is 7.53. The summed E-state index contributed by atoms with van der Waals surface area (Å²) in [6.07, 6.45) is 0. The summed E-state index contributed by atoms with van der Waals surface area (Å²) < 4.78 is 33.3. The third kappa shape index (κ3) is 5.68. The van der Waals surface area contributed by atoms with Gasteiger partial charge in [0.25, 0.3) is 10.0 Å². The second-order valence-corrected chi connectivity index (χ2v) is 9.50. The maximum atomic E-state index is 13.4. The molecule has 1 N–H and O–H groups in total. The van der Waals surface area contributed by atoms with Crippen molar-refractivity contribution >= 4 is 21.6 Å². The number of sulfonamides is 1. The number of carbonyl (C=O) groups is 1. The molecule has 168 valence electrons. The van der Waals surface area contributed by atoms with E-state index in [1.807, 2.05) is 44.2 Å². The highest BCUT2D eigenvalue weighted by atomic mass is 32.2. The molecule has 0 radical (unpaired) electrons. The molecule has 7 heteroatoms. The first kappa shape index (κ1) is 23.3. The first-order valence-electron chi connectivity index (χ1n) is 10.4. The normalized spacial score (nSPS) is 12.1. The van der Waals surface area contributed by atoms with Crippen molar-refractivity contribution in [2.75, 3.05) is 24.5 Å². The van der Waals surface area contributed by atoms with Gasteiger partial charge in [-0.15, -0.1) is 0 Å². The zero-order valence-corrected chi connectivity index (χ0v) is 19.3. The van der Waals surface area contributed by atoms with Crippen molar-refractivity contribution in [2.24, 2.45) is 0 Å². The molecule has 0 aliphatic heterocycles. The minimum absolute atomic E-state index is 0.0964. The highest BCUT2D eigenvalue weighted by Crippen LogP contribution is 2.27. The van der Waals surface area contributed by atoms with Crippen LogP contribution in [0.1, 0.15) is 24.0 Å². The van der Waals surface area contributed by atoms with Gasteiger partial charge < -0.3 is 10.1 Å². The fourth-order valence-electron chi connectivity index (χ4n) is 3.27. The minimum Gasteiger partial charge on any atom is -0.497 e. The van der Waals surface area contributed by atoms with Gasteiger partial charge in [-0.25, -0.2) is 8.42 Å². The topological polar surface area (TPSA) is 75.7 Å². The number of nitrogens with one attached hydrogen (secondary N) is 1. The van der Waals surface area contributed by atoms with Crippen LogP contribution >= 0.6 is 0 Å². The fraction of sp³-hybridized carbons (Fsp3) is 0.240. The standard InChI is InChI=1S/C25H28N2O4S/c1-19-12-14-24(15-13-19)32(29,30)27(22-10-7-11-23(16-22)31-3)18-25(28)26-17-20(2)21-8-5-4-6-9-21/h4-16,20H,17-18H2,1-3H3,(H,26,28)/t20-/m1/s1. The number of rotatable bonds is 9. The Bertz CT molecular complexity index is 1150. The number of ether oxygens (including phenoxy) is 1. The number of carbonyl (C=O) groups excluding carboxylic acids is 1. The summed E-state index contributed by atoms with van der Waals surface area (Å²) >= 11 is 0. The highest BCUT2D eigenvalue weighted by molar-refractivity contribution is 7.92. The van der Waals surface area contributed by atoms with Crippen molar-refractivity contribution in [3.63, 3.8) is 0 Å². The lowest BCUT2D eigenvalue weighted by molar-refractivity contribution is -0.119. The second kappa shape index (κ2) is 10.3. The molecule has 3 aromatic carbocycles. The molecule has 1 atom stereocenters. The van der Waals surface area contributed by atoms with Crippen LogP contribution in [0.4, 0.5) is 5.69 Å². The van der Waals surface area contributed by atoms with Gasteiger partial charge in [-0.1, -0.05) is 61.0 Å². The maximum Gasteiger partial charge on any atom is 0.264 e. The van der Waals surface area contributed by atoms with Crippen molar-refractivity contribution in [3.8, 4) is 5.75 Å². The molecule has 0 aliphatic carbocycles. The van der Waals surface area contributed by atoms with Gasteiger partial charge in [0, 0.05) is 12.6 Å². The molecule has 0 spiro atoms. The molecule has 32 heavy (non-hydrogen) atoms. The van der Waals surface area contributed by atoms with Gasteiger partial charge >= 0.3 is 0 Å². The Balaban J connectivity index is 1.84. The largest absolute Gasteiger partial charge is 0.497 e. The van der Waals surface area contributed by atoms with E-state index in [1.54, 1.807) is 48.5 Å². The van der Waals surface area contributed by atoms with Gasteiger partial charge in [0.1, 0.15) is 12.3 Å². The number of methoxy groups -OCH3 is 1. The average molecular weight is 453 g/mol. The lowest BCUT2D eigenvalue weighted by Gasteiger charge is -2.25. The van der Waals surface area contributed by atoms with Crippen molar-refractivity contribution in [1.82, 2.24) is 5.32 Å². The second-order valence-electron chi connectivity index (χ2n) is 7.64. The maximum absolute atomic E-state index is 13.4. The quantitative estimate of drug-likeness (QED) is 0.530. The Labute approximate surface area is 189 Å². The molecule has 0 bridgehead atoms. The van der Waals surface area contributed by atoms with E-state index in [0.717, 1.165) is 15.4 Å². The molecule has 0 unspecified atom stereocenters. The molecular weight excluding hydrogens is 424 g/mol. The summed E-state index contributed by atoms with van der Waals surface area (Å²) in [5.74, 6) is 0.218. The first-order chi connectivity index (χ1) is 15.3. The Morgan fingerprint density at radius 1 is 1.00 bits per heavy atom. The number of amides is 1. The molecule has 0 saturated carbocycles. The van der Waals surface area contributed by atoms with Gasteiger partial charge in [0.15, 0.2) is 0 Å². The Hall–Kier alpha value is -3.32. The molecule has 3 aromatic rings. The van der Waals surface area contributed by atoms with Crippen LogP contribution in [0, 0.1) is 6.92 Å². The Morgan fingerprint density at radius 3 is 2.34 bits per heavy atom. The molecule has 1 amide bonds. The van der Waals surface area contributed by atoms with E-state index in [4.69, 9.17) is 4.74 Å². The predicted octanol–water partition coefficient (Wildman–Crippen LogP) is 4.12. The number of hydrogen-bond acceptors (Lipinski definition) is 4. The Morgan fingerprint density at radius 2 is 1.69 bits per heavy atom. The van der Waals surface area contributed by atoms with E-state index in [2.05, 4.69) is 5.32 Å². The number of hydrogen-bond donors (Lipinski definition) is 1. The summed E-state index contributed by atoms with van der Waals surface area (Å²) in [5, 5.41) is 2.87. The third-order valence-corrected chi connectivity index (χ3v) is 7.00. The van der Waals surface area contributed by atoms with Crippen LogP contribution in [-0.2, 0) is 14.8 Å². The van der Waals surface area contributed by atoms with E-state index < -0.39 is 10.0 Å². The zero-order valence-electron chi connectivity index (χ0n) is 18.5. The zero-order chi connectivity index (χ0) is 23.1. The van der Waals surface area contributed by atoms with Gasteiger partial charge in [0.05, 0.1) is 17.7 Å². The summed E-state index contributed by atoms with van der Waals surface area (Å²) in [6.45, 7) is 3.96. The first-order valence-corrected chi connectivity index (χ1v) is 11.8. The summed E-state index contributed by atoms with van der Waals surface area (Å²) in [7, 11) is -2.46. The van der Waals surface area contributed by atoms with Gasteiger partial charge in [0.2, 0.25) is 5.91 Å². The lowest BCUT2D eigenvalue weighted by atomic mass is 10.0. The van der Waals surface area contributed by atoms with Crippen molar-refractivity contribution in [1.29, 1.82) is 0 Å². The number of nitrogens with zero attached hydrogens (tertiary/aromatic N) is 1. The van der Waals surface area contributed by atoms with Crippen LogP contribution in [-0.4, -0.2) is 34.5 Å². The summed E-state index contributed by atoms with van der Waals surface area (Å²) in [6, 6.07) is 23.1. The molecule has 0 aliphatic rings. The van der Waals surface area contributed by atoms with Gasteiger partial charge in [-0.05, 0) is 42.7 Å². The van der Waals surface area contributed by atoms with Crippen molar-refractivity contribution < 1.29 is 17.9 Å². The third-order valence-electron chi connectivity index (χ3n) is 5.21. The van der Waals surface area contributed by atoms with Crippen molar-refractivity contribution in [2.45, 2.75) is 24.7 Å². The molecule has 6 nitrogen and oxygen atoms in total. The van der Waals surface area contributed by atoms with Crippen LogP contribution < -0.4 is 14.4 Å².